The van der Waals surface area contributed by atoms with E-state index in [4.69, 9.17) is 9.72 Å². The minimum absolute atomic E-state index is 0. The molecule has 1 aliphatic carbocycles. The summed E-state index contributed by atoms with van der Waals surface area (Å²) in [5, 5.41) is 4.05. The molecule has 0 unspecified atom stereocenters. The number of ether oxygens (including phenoxy) is 1. The number of fused-ring (bicyclic) bond motifs is 1. The number of nitrogens with zero attached hydrogens (tertiary/aromatic N) is 4. The van der Waals surface area contributed by atoms with Gasteiger partial charge in [-0.3, -0.25) is 4.79 Å². The third-order valence-corrected chi connectivity index (χ3v) is 5.67. The highest BCUT2D eigenvalue weighted by atomic mass is 16.6. The maximum absolute atomic E-state index is 12.8. The molecule has 1 aromatic carbocycles. The largest absolute Gasteiger partial charge is 0.456 e. The van der Waals surface area contributed by atoms with Gasteiger partial charge in [0.2, 0.25) is 5.95 Å². The number of hydrogen-bond donors (Lipinski definition) is 1. The van der Waals surface area contributed by atoms with Gasteiger partial charge in [-0.25, -0.2) is 9.78 Å². The highest BCUT2D eigenvalue weighted by Crippen LogP contribution is 2.35. The maximum Gasteiger partial charge on any atom is 0.338 e. The summed E-state index contributed by atoms with van der Waals surface area (Å²) in [4.78, 5) is 35.9. The average molecular weight is 452 g/mol. The first-order chi connectivity index (χ1) is 15.6. The summed E-state index contributed by atoms with van der Waals surface area (Å²) in [6, 6.07) is 9.16. The Morgan fingerprint density at radius 2 is 1.82 bits per heavy atom. The molecule has 1 amide bonds. The third kappa shape index (κ3) is 4.99. The van der Waals surface area contributed by atoms with Crippen LogP contribution in [0, 0.1) is 0 Å². The van der Waals surface area contributed by atoms with E-state index in [1.54, 1.807) is 49.5 Å². The quantitative estimate of drug-likeness (QED) is 0.537. The number of carbonyl (C=O) groups excluding carboxylic acids is 2. The molecule has 3 aromatic rings. The van der Waals surface area contributed by atoms with Crippen LogP contribution in [0.4, 0.5) is 11.6 Å². The van der Waals surface area contributed by atoms with Crippen molar-refractivity contribution in [2.75, 3.05) is 19.4 Å². The van der Waals surface area contributed by atoms with Crippen LogP contribution in [0.15, 0.2) is 36.5 Å². The highest BCUT2D eigenvalue weighted by molar-refractivity contribution is 5.98. The van der Waals surface area contributed by atoms with E-state index in [1.807, 2.05) is 26.8 Å². The van der Waals surface area contributed by atoms with Gasteiger partial charge in [0.05, 0.1) is 5.56 Å². The molecule has 1 fully saturated rings. The fourth-order valence-electron chi connectivity index (χ4n) is 4.15. The van der Waals surface area contributed by atoms with E-state index in [-0.39, 0.29) is 19.3 Å². The van der Waals surface area contributed by atoms with Gasteiger partial charge in [-0.1, -0.05) is 12.8 Å². The second-order valence-corrected chi connectivity index (χ2v) is 9.71. The monoisotopic (exact) mass is 451 g/mol. The minimum atomic E-state index is -0.543. The number of nitrogens with one attached hydrogen (secondary N) is 1. The van der Waals surface area contributed by atoms with E-state index < -0.39 is 5.60 Å². The van der Waals surface area contributed by atoms with Gasteiger partial charge in [-0.05, 0) is 63.9 Å². The molecule has 0 bridgehead atoms. The Balaban J connectivity index is 0.00000324. The zero-order chi connectivity index (χ0) is 23.8. The lowest BCUT2D eigenvalue weighted by atomic mass is 10.1. The van der Waals surface area contributed by atoms with Crippen LogP contribution in [0.3, 0.4) is 0 Å². The van der Waals surface area contributed by atoms with Crippen LogP contribution in [-0.2, 0) is 4.74 Å². The average Bonchev–Trinajstić information content (AvgIpc) is 3.39. The Kier molecular flexibility index (Phi) is 6.10. The van der Waals surface area contributed by atoms with Gasteiger partial charge in [-0.15, -0.1) is 0 Å². The van der Waals surface area contributed by atoms with Gasteiger partial charge in [-0.2, -0.15) is 4.98 Å². The first kappa shape index (κ1) is 22.8. The summed E-state index contributed by atoms with van der Waals surface area (Å²) in [7, 11) is 3.52. The standard InChI is InChI=1S/C25H31N5O3.H2/c1-25(2,3)33-23(32)16-10-12-18(13-11-16)27-24-26-15-17-14-20(22(31)29(4)5)30(21(17)28-24)19-8-6-7-9-19;/h10-15,19H,6-9H2,1-5H3,(H,26,27,28);1H. The Bertz CT molecular complexity index is 1180. The Morgan fingerprint density at radius 1 is 1.15 bits per heavy atom. The lowest BCUT2D eigenvalue weighted by Crippen LogP contribution is -2.25. The zero-order valence-electron chi connectivity index (χ0n) is 19.9. The highest BCUT2D eigenvalue weighted by Gasteiger charge is 2.26. The summed E-state index contributed by atoms with van der Waals surface area (Å²) in [5.41, 5.74) is 2.10. The number of hydrogen-bond acceptors (Lipinski definition) is 6. The molecule has 1 saturated carbocycles. The Labute approximate surface area is 195 Å². The van der Waals surface area contributed by atoms with Crippen LogP contribution < -0.4 is 5.32 Å². The molecule has 0 radical (unpaired) electrons. The fourth-order valence-corrected chi connectivity index (χ4v) is 4.15. The Hall–Kier alpha value is -3.42. The minimum Gasteiger partial charge on any atom is -0.456 e. The summed E-state index contributed by atoms with van der Waals surface area (Å²) < 4.78 is 7.50. The smallest absolute Gasteiger partial charge is 0.338 e. The van der Waals surface area contributed by atoms with Crippen molar-refractivity contribution in [1.29, 1.82) is 0 Å². The van der Waals surface area contributed by atoms with Gasteiger partial charge in [0.1, 0.15) is 16.9 Å². The number of rotatable bonds is 5. The second kappa shape index (κ2) is 8.84. The van der Waals surface area contributed by atoms with Crippen molar-refractivity contribution in [2.24, 2.45) is 0 Å². The van der Waals surface area contributed by atoms with Gasteiger partial charge in [0.25, 0.3) is 5.91 Å². The molecule has 4 rings (SSSR count). The second-order valence-electron chi connectivity index (χ2n) is 9.71. The van der Waals surface area contributed by atoms with Crippen molar-refractivity contribution in [2.45, 2.75) is 58.1 Å². The fraction of sp³-hybridized carbons (Fsp3) is 0.440. The Morgan fingerprint density at radius 3 is 2.42 bits per heavy atom. The van der Waals surface area contributed by atoms with Crippen molar-refractivity contribution < 1.29 is 15.8 Å². The molecule has 33 heavy (non-hydrogen) atoms. The maximum atomic E-state index is 12.8. The number of aromatic nitrogens is 3. The van der Waals surface area contributed by atoms with Crippen molar-refractivity contribution in [1.82, 2.24) is 19.4 Å². The number of carbonyl (C=O) groups is 2. The van der Waals surface area contributed by atoms with E-state index in [1.165, 1.54) is 0 Å². The van der Waals surface area contributed by atoms with Crippen LogP contribution in [0.25, 0.3) is 11.0 Å². The molecule has 0 atom stereocenters. The molecule has 2 heterocycles. The predicted octanol–water partition coefficient (Wildman–Crippen LogP) is 5.19. The first-order valence-electron chi connectivity index (χ1n) is 11.3. The lowest BCUT2D eigenvalue weighted by molar-refractivity contribution is 0.00694. The van der Waals surface area contributed by atoms with Crippen molar-refractivity contribution >= 4 is 34.5 Å². The number of esters is 1. The summed E-state index contributed by atoms with van der Waals surface area (Å²) in [5.74, 6) is 0.0417. The molecule has 1 aliphatic rings. The van der Waals surface area contributed by atoms with Crippen LogP contribution >= 0.6 is 0 Å². The third-order valence-electron chi connectivity index (χ3n) is 5.67. The molecular weight excluding hydrogens is 418 g/mol. The lowest BCUT2D eigenvalue weighted by Gasteiger charge is -2.19. The van der Waals surface area contributed by atoms with Gasteiger partial charge in [0.15, 0.2) is 0 Å². The first-order valence-corrected chi connectivity index (χ1v) is 11.3. The molecule has 0 aliphatic heterocycles. The molecule has 8 nitrogen and oxygen atoms in total. The van der Waals surface area contributed by atoms with E-state index in [9.17, 15) is 9.59 Å². The van der Waals surface area contributed by atoms with Gasteiger partial charge < -0.3 is 19.5 Å². The van der Waals surface area contributed by atoms with Crippen LogP contribution in [0.1, 0.15) is 74.8 Å². The predicted molar refractivity (Wildman–Crippen MR) is 130 cm³/mol. The molecule has 8 heteroatoms. The number of amides is 1. The van der Waals surface area contributed by atoms with E-state index in [0.717, 1.165) is 42.4 Å². The van der Waals surface area contributed by atoms with Crippen LogP contribution in [0.5, 0.6) is 0 Å². The van der Waals surface area contributed by atoms with Crippen molar-refractivity contribution in [3.8, 4) is 0 Å². The SMILES string of the molecule is CN(C)C(=O)c1cc2cnc(Nc3ccc(C(=O)OC(C)(C)C)cc3)nc2n1C1CCCC1.[HH]. The molecule has 176 valence electrons. The topological polar surface area (TPSA) is 89.3 Å². The van der Waals surface area contributed by atoms with Gasteiger partial charge >= 0.3 is 5.97 Å². The van der Waals surface area contributed by atoms with Crippen LogP contribution in [-0.4, -0.2) is 51.0 Å². The van der Waals surface area contributed by atoms with Crippen molar-refractivity contribution in [3.63, 3.8) is 0 Å². The molecular formula is C25H33N5O3. The summed E-state index contributed by atoms with van der Waals surface area (Å²) >= 11 is 0. The van der Waals surface area contributed by atoms with E-state index >= 15 is 0 Å². The van der Waals surface area contributed by atoms with E-state index in [2.05, 4.69) is 14.9 Å². The van der Waals surface area contributed by atoms with Crippen LogP contribution in [0.2, 0.25) is 0 Å². The summed E-state index contributed by atoms with van der Waals surface area (Å²) in [6.07, 6.45) is 6.13. The number of benzene rings is 1. The van der Waals surface area contributed by atoms with Gasteiger partial charge in [0, 0.05) is 38.8 Å². The van der Waals surface area contributed by atoms with E-state index in [0.29, 0.717) is 17.2 Å². The summed E-state index contributed by atoms with van der Waals surface area (Å²) in [6.45, 7) is 5.52. The molecule has 0 spiro atoms. The van der Waals surface area contributed by atoms with Crippen molar-refractivity contribution in [3.05, 3.63) is 47.8 Å². The number of anilines is 2. The molecule has 0 saturated heterocycles. The molecule has 1 N–H and O–H groups in total. The zero-order valence-corrected chi connectivity index (χ0v) is 19.9. The molecule has 2 aromatic heterocycles. The normalized spacial score (nSPS) is 14.5.